The van der Waals surface area contributed by atoms with Gasteiger partial charge in [-0.1, -0.05) is 69.6 Å². The lowest BCUT2D eigenvalue weighted by Crippen LogP contribution is -2.11. The van der Waals surface area contributed by atoms with E-state index in [0.29, 0.717) is 0 Å². The van der Waals surface area contributed by atoms with Crippen molar-refractivity contribution in [2.45, 2.75) is 45.4 Å². The summed E-state index contributed by atoms with van der Waals surface area (Å²) in [6, 6.07) is 0. The third kappa shape index (κ3) is 5.95. The molecule has 0 aromatic carbocycles. The molecule has 0 unspecified atom stereocenters. The van der Waals surface area contributed by atoms with E-state index in [0.717, 1.165) is 11.8 Å². The lowest BCUT2D eigenvalue weighted by Gasteiger charge is -2.25. The van der Waals surface area contributed by atoms with Crippen LogP contribution in [0, 0.1) is 18.3 Å². The number of hydrogen-bond donors (Lipinski definition) is 0. The quantitative estimate of drug-likeness (QED) is 0.429. The Bertz CT molecular complexity index is 226. The Morgan fingerprint density at radius 3 is 2.38 bits per heavy atom. The molecule has 89 valence electrons. The summed E-state index contributed by atoms with van der Waals surface area (Å²) in [7, 11) is 0. The second-order valence-electron chi connectivity index (χ2n) is 4.94. The molecule has 0 aromatic heterocycles. The zero-order valence-electron chi connectivity index (χ0n) is 10.6. The highest BCUT2D eigenvalue weighted by Gasteiger charge is 2.17. The van der Waals surface area contributed by atoms with Crippen molar-refractivity contribution in [1.82, 2.24) is 0 Å². The summed E-state index contributed by atoms with van der Waals surface area (Å²) in [4.78, 5) is 0. The van der Waals surface area contributed by atoms with Gasteiger partial charge in [-0.15, -0.1) is 0 Å². The molecule has 0 saturated heterocycles. The predicted octanol–water partition coefficient (Wildman–Crippen LogP) is 5.10. The predicted molar refractivity (Wildman–Crippen MR) is 73.1 cm³/mol. The van der Waals surface area contributed by atoms with E-state index >= 15 is 0 Å². The molecular weight excluding hydrogens is 192 g/mol. The molecule has 1 aliphatic carbocycles. The molecule has 0 N–H and O–H groups in total. The molecule has 0 heterocycles. The molecule has 1 aliphatic rings. The minimum absolute atomic E-state index is 0.976. The summed E-state index contributed by atoms with van der Waals surface area (Å²) < 4.78 is 0. The molecule has 0 atom stereocenters. The Morgan fingerprint density at radius 2 is 1.69 bits per heavy atom. The van der Waals surface area contributed by atoms with Crippen molar-refractivity contribution in [3.8, 4) is 0 Å². The van der Waals surface area contributed by atoms with Crippen LogP contribution in [0.4, 0.5) is 0 Å². The third-order valence-corrected chi connectivity index (χ3v) is 3.48. The Hall–Kier alpha value is -0.780. The summed E-state index contributed by atoms with van der Waals surface area (Å²) in [5, 5.41) is 0. The van der Waals surface area contributed by atoms with Crippen LogP contribution < -0.4 is 0 Å². The van der Waals surface area contributed by atoms with Crippen LogP contribution in [0.1, 0.15) is 45.4 Å². The van der Waals surface area contributed by atoms with Crippen molar-refractivity contribution in [2.75, 3.05) is 0 Å². The average Bonchev–Trinajstić information content (AvgIpc) is 2.30. The third-order valence-electron chi connectivity index (χ3n) is 3.48. The second kappa shape index (κ2) is 8.38. The van der Waals surface area contributed by atoms with Crippen LogP contribution in [-0.4, -0.2) is 0 Å². The fourth-order valence-corrected chi connectivity index (χ4v) is 2.33. The molecule has 1 radical (unpaired) electrons. The molecule has 16 heavy (non-hydrogen) atoms. The van der Waals surface area contributed by atoms with Crippen molar-refractivity contribution in [3.05, 3.63) is 43.4 Å². The summed E-state index contributed by atoms with van der Waals surface area (Å²) in [5.41, 5.74) is 0. The lowest BCUT2D eigenvalue weighted by atomic mass is 9.81. The molecule has 0 amide bonds. The van der Waals surface area contributed by atoms with Crippen molar-refractivity contribution in [3.63, 3.8) is 0 Å². The van der Waals surface area contributed by atoms with Gasteiger partial charge in [0.05, 0.1) is 0 Å². The summed E-state index contributed by atoms with van der Waals surface area (Å²) in [6.45, 7) is 6.02. The highest BCUT2D eigenvalue weighted by Crippen LogP contribution is 2.31. The maximum atomic E-state index is 3.63. The zero-order chi connectivity index (χ0) is 11.6. The Labute approximate surface area is 101 Å². The highest BCUT2D eigenvalue weighted by atomic mass is 14.2. The van der Waals surface area contributed by atoms with Crippen molar-refractivity contribution >= 4 is 0 Å². The largest absolute Gasteiger partial charge is 0.0991 e. The van der Waals surface area contributed by atoms with E-state index in [1.807, 2.05) is 12.2 Å². The molecule has 0 aromatic rings. The molecule has 0 nitrogen and oxygen atoms in total. The Kier molecular flexibility index (Phi) is 6.96. The van der Waals surface area contributed by atoms with Crippen molar-refractivity contribution < 1.29 is 0 Å². The van der Waals surface area contributed by atoms with E-state index in [4.69, 9.17) is 0 Å². The zero-order valence-corrected chi connectivity index (χ0v) is 10.6. The van der Waals surface area contributed by atoms with Crippen LogP contribution >= 0.6 is 0 Å². The van der Waals surface area contributed by atoms with E-state index in [1.165, 1.54) is 38.5 Å². The van der Waals surface area contributed by atoms with Gasteiger partial charge in [0.2, 0.25) is 0 Å². The minimum atomic E-state index is 0.976. The summed E-state index contributed by atoms with van der Waals surface area (Å²) in [5.74, 6) is 1.97. The van der Waals surface area contributed by atoms with Crippen LogP contribution in [0.2, 0.25) is 0 Å². The van der Waals surface area contributed by atoms with Gasteiger partial charge in [-0.25, -0.2) is 0 Å². The van der Waals surface area contributed by atoms with Gasteiger partial charge < -0.3 is 0 Å². The van der Waals surface area contributed by atoms with E-state index in [-0.39, 0.29) is 0 Å². The molecule has 1 fully saturated rings. The first-order chi connectivity index (χ1) is 7.83. The Morgan fingerprint density at radius 1 is 1.00 bits per heavy atom. The van der Waals surface area contributed by atoms with Crippen LogP contribution in [0.15, 0.2) is 37.0 Å². The van der Waals surface area contributed by atoms with Gasteiger partial charge in [0.1, 0.15) is 0 Å². The minimum Gasteiger partial charge on any atom is -0.0991 e. The first kappa shape index (κ1) is 13.3. The number of hydrogen-bond acceptors (Lipinski definition) is 0. The summed E-state index contributed by atoms with van der Waals surface area (Å²) in [6.07, 6.45) is 20.7. The average molecular weight is 217 g/mol. The number of rotatable bonds is 6. The maximum absolute atomic E-state index is 3.63. The van der Waals surface area contributed by atoms with Crippen LogP contribution in [-0.2, 0) is 0 Å². The standard InChI is InChI=1S/C16H25/c1-3-4-5-6-7-8-9-10-16-13-11-15(2)12-14-16/h3-8,15-16H,1,9-14H2,2H3/b5-4-,7-6-. The van der Waals surface area contributed by atoms with E-state index in [9.17, 15) is 0 Å². The van der Waals surface area contributed by atoms with Gasteiger partial charge in [-0.05, 0) is 31.1 Å². The monoisotopic (exact) mass is 217 g/mol. The maximum Gasteiger partial charge on any atom is -0.0167 e. The molecule has 0 bridgehead atoms. The van der Waals surface area contributed by atoms with Crippen LogP contribution in [0.25, 0.3) is 0 Å². The second-order valence-corrected chi connectivity index (χ2v) is 4.94. The number of allylic oxidation sites excluding steroid dienone is 5. The van der Waals surface area contributed by atoms with Gasteiger partial charge in [0.15, 0.2) is 0 Å². The first-order valence-corrected chi connectivity index (χ1v) is 6.60. The van der Waals surface area contributed by atoms with Crippen molar-refractivity contribution in [2.24, 2.45) is 11.8 Å². The molecule has 1 rings (SSSR count). The molecule has 0 aliphatic heterocycles. The van der Waals surface area contributed by atoms with Gasteiger partial charge in [-0.3, -0.25) is 0 Å². The normalized spacial score (nSPS) is 26.6. The SMILES string of the molecule is C=C/C=C\C=C/[CH]CCC1CCC(C)CC1. The van der Waals surface area contributed by atoms with E-state index in [2.05, 4.69) is 32.1 Å². The summed E-state index contributed by atoms with van der Waals surface area (Å²) >= 11 is 0. The van der Waals surface area contributed by atoms with Crippen LogP contribution in [0.3, 0.4) is 0 Å². The fraction of sp³-hybridized carbons (Fsp3) is 0.562. The Balaban J connectivity index is 2.00. The molecule has 0 heteroatoms. The van der Waals surface area contributed by atoms with Crippen LogP contribution in [0.5, 0.6) is 0 Å². The van der Waals surface area contributed by atoms with E-state index < -0.39 is 0 Å². The fourth-order valence-electron chi connectivity index (χ4n) is 2.33. The number of unbranched alkanes of at least 4 members (excludes halogenated alkanes) is 1. The molecular formula is C16H25. The smallest absolute Gasteiger partial charge is 0.0167 e. The highest BCUT2D eigenvalue weighted by molar-refractivity contribution is 5.11. The molecule has 0 spiro atoms. The van der Waals surface area contributed by atoms with Gasteiger partial charge in [0.25, 0.3) is 0 Å². The van der Waals surface area contributed by atoms with Crippen molar-refractivity contribution in [1.29, 1.82) is 0 Å². The lowest BCUT2D eigenvalue weighted by molar-refractivity contribution is 0.278. The molecule has 1 saturated carbocycles. The first-order valence-electron chi connectivity index (χ1n) is 6.60. The topological polar surface area (TPSA) is 0 Å². The van der Waals surface area contributed by atoms with Gasteiger partial charge in [0, 0.05) is 0 Å². The van der Waals surface area contributed by atoms with Gasteiger partial charge in [-0.2, -0.15) is 0 Å². The van der Waals surface area contributed by atoms with E-state index in [1.54, 1.807) is 6.08 Å². The van der Waals surface area contributed by atoms with Gasteiger partial charge >= 0.3 is 0 Å².